The van der Waals surface area contributed by atoms with Crippen molar-refractivity contribution in [1.82, 2.24) is 4.31 Å². The Morgan fingerprint density at radius 2 is 2.15 bits per heavy atom. The first-order chi connectivity index (χ1) is 9.54. The van der Waals surface area contributed by atoms with Crippen LogP contribution in [0.5, 0.6) is 0 Å². The zero-order valence-corrected chi connectivity index (χ0v) is 12.8. The van der Waals surface area contributed by atoms with Crippen molar-refractivity contribution in [2.75, 3.05) is 19.4 Å². The van der Waals surface area contributed by atoms with Crippen molar-refractivity contribution in [2.24, 2.45) is 5.92 Å². The van der Waals surface area contributed by atoms with Crippen LogP contribution >= 0.6 is 0 Å². The monoisotopic (exact) mass is 301 g/mol. The fourth-order valence-corrected chi connectivity index (χ4v) is 4.73. The largest absolute Gasteiger partial charge is 0.469 e. The second-order valence-electron chi connectivity index (χ2n) is 5.47. The third-order valence-corrected chi connectivity index (χ3v) is 5.95. The normalized spacial score (nSPS) is 22.9. The predicted molar refractivity (Wildman–Crippen MR) is 76.4 cm³/mol. The molecule has 114 valence electrons. The van der Waals surface area contributed by atoms with Crippen molar-refractivity contribution >= 4 is 16.0 Å². The van der Waals surface area contributed by atoms with Gasteiger partial charge in [0.2, 0.25) is 10.0 Å². The summed E-state index contributed by atoms with van der Waals surface area (Å²) in [6.45, 7) is 0.586. The maximum atomic E-state index is 12.4. The van der Waals surface area contributed by atoms with Crippen molar-refractivity contribution in [3.63, 3.8) is 0 Å². The molecule has 1 atom stereocenters. The number of piperidine rings is 1. The second-order valence-corrected chi connectivity index (χ2v) is 7.48. The smallest absolute Gasteiger partial charge is 0.305 e. The molecule has 1 aliphatic carbocycles. The Bertz CT molecular complexity index is 483. The fourth-order valence-electron chi connectivity index (χ4n) is 3.05. The Labute approximate surface area is 121 Å². The average molecular weight is 301 g/mol. The van der Waals surface area contributed by atoms with Crippen LogP contribution in [0.4, 0.5) is 0 Å². The van der Waals surface area contributed by atoms with Crippen LogP contribution in [0, 0.1) is 5.92 Å². The molecule has 20 heavy (non-hydrogen) atoms. The van der Waals surface area contributed by atoms with Gasteiger partial charge in [0.1, 0.15) is 0 Å². The van der Waals surface area contributed by atoms with E-state index in [1.54, 1.807) is 4.31 Å². The van der Waals surface area contributed by atoms with Crippen molar-refractivity contribution in [2.45, 2.75) is 44.9 Å². The van der Waals surface area contributed by atoms with Crippen molar-refractivity contribution < 1.29 is 17.9 Å². The van der Waals surface area contributed by atoms with Crippen LogP contribution in [0.25, 0.3) is 0 Å². The first-order valence-corrected chi connectivity index (χ1v) is 8.93. The summed E-state index contributed by atoms with van der Waals surface area (Å²) in [5.41, 5.74) is 1.00. The molecule has 2 rings (SSSR count). The molecule has 0 N–H and O–H groups in total. The standard InChI is InChI=1S/C14H23NO4S/c1-19-14(16)9-5-11-20(17,18)15-10-4-7-12-6-2-3-8-13(12)15/h8,12H,2-7,9-11H2,1H3. The highest BCUT2D eigenvalue weighted by atomic mass is 32.2. The van der Waals surface area contributed by atoms with Gasteiger partial charge in [-0.1, -0.05) is 6.08 Å². The lowest BCUT2D eigenvalue weighted by atomic mass is 9.86. The van der Waals surface area contributed by atoms with E-state index in [4.69, 9.17) is 0 Å². The molecule has 1 aliphatic heterocycles. The Hall–Kier alpha value is -1.04. The maximum Gasteiger partial charge on any atom is 0.305 e. The van der Waals surface area contributed by atoms with Crippen LogP contribution in [0.3, 0.4) is 0 Å². The van der Waals surface area contributed by atoms with Crippen LogP contribution in [0.2, 0.25) is 0 Å². The van der Waals surface area contributed by atoms with Crippen molar-refractivity contribution in [1.29, 1.82) is 0 Å². The summed E-state index contributed by atoms with van der Waals surface area (Å²) in [4.78, 5) is 11.1. The number of rotatable bonds is 5. The highest BCUT2D eigenvalue weighted by molar-refractivity contribution is 7.89. The molecule has 0 radical (unpaired) electrons. The quantitative estimate of drug-likeness (QED) is 0.729. The molecule has 0 aromatic carbocycles. The van der Waals surface area contributed by atoms with Gasteiger partial charge in [0.25, 0.3) is 0 Å². The molecule has 0 amide bonds. The number of sulfonamides is 1. The number of methoxy groups -OCH3 is 1. The van der Waals surface area contributed by atoms with Crippen LogP contribution < -0.4 is 0 Å². The first-order valence-electron chi connectivity index (χ1n) is 7.32. The molecule has 0 spiro atoms. The topological polar surface area (TPSA) is 63.7 Å². The number of carbonyl (C=O) groups excluding carboxylic acids is 1. The SMILES string of the molecule is COC(=O)CCCS(=O)(=O)N1CCCC2CCCC=C21. The van der Waals surface area contributed by atoms with E-state index in [1.165, 1.54) is 7.11 Å². The first kappa shape index (κ1) is 15.4. The third kappa shape index (κ3) is 3.53. The number of hydrogen-bond acceptors (Lipinski definition) is 4. The minimum absolute atomic E-state index is 0.0200. The average Bonchev–Trinajstić information content (AvgIpc) is 2.46. The van der Waals surface area contributed by atoms with Gasteiger partial charge in [0.15, 0.2) is 0 Å². The predicted octanol–water partition coefficient (Wildman–Crippen LogP) is 2.05. The van der Waals surface area contributed by atoms with Crippen LogP contribution in [-0.4, -0.2) is 38.1 Å². The Balaban J connectivity index is 2.00. The van der Waals surface area contributed by atoms with E-state index in [9.17, 15) is 13.2 Å². The Morgan fingerprint density at radius 1 is 1.40 bits per heavy atom. The number of ether oxygens (including phenoxy) is 1. The van der Waals surface area contributed by atoms with E-state index in [0.717, 1.165) is 37.8 Å². The zero-order chi connectivity index (χ0) is 14.6. The molecular formula is C14H23NO4S. The number of nitrogens with zero attached hydrogens (tertiary/aromatic N) is 1. The molecule has 1 saturated heterocycles. The van der Waals surface area contributed by atoms with E-state index in [0.29, 0.717) is 18.9 Å². The highest BCUT2D eigenvalue weighted by Gasteiger charge is 2.33. The fraction of sp³-hybridized carbons (Fsp3) is 0.786. The maximum absolute atomic E-state index is 12.4. The minimum atomic E-state index is -3.30. The lowest BCUT2D eigenvalue weighted by Gasteiger charge is -2.38. The highest BCUT2D eigenvalue weighted by Crippen LogP contribution is 2.36. The van der Waals surface area contributed by atoms with Crippen molar-refractivity contribution in [3.05, 3.63) is 11.8 Å². The summed E-state index contributed by atoms with van der Waals surface area (Å²) in [6.07, 6.45) is 7.82. The number of carbonyl (C=O) groups is 1. The molecule has 5 nitrogen and oxygen atoms in total. The van der Waals surface area contributed by atoms with Gasteiger partial charge in [-0.2, -0.15) is 0 Å². The number of fused-ring (bicyclic) bond motifs is 1. The molecule has 1 heterocycles. The van der Waals surface area contributed by atoms with Gasteiger partial charge in [-0.15, -0.1) is 0 Å². The summed E-state index contributed by atoms with van der Waals surface area (Å²) < 4.78 is 31.0. The summed E-state index contributed by atoms with van der Waals surface area (Å²) in [5.74, 6) is 0.0769. The Morgan fingerprint density at radius 3 is 2.90 bits per heavy atom. The van der Waals surface area contributed by atoms with E-state index in [2.05, 4.69) is 10.8 Å². The van der Waals surface area contributed by atoms with E-state index in [1.807, 2.05) is 0 Å². The minimum Gasteiger partial charge on any atom is -0.469 e. The van der Waals surface area contributed by atoms with Gasteiger partial charge < -0.3 is 4.74 Å². The number of allylic oxidation sites excluding steroid dienone is 2. The Kier molecular flexibility index (Phi) is 5.07. The van der Waals surface area contributed by atoms with Crippen LogP contribution in [0.1, 0.15) is 44.9 Å². The molecule has 1 fully saturated rings. The van der Waals surface area contributed by atoms with E-state index < -0.39 is 10.0 Å². The molecule has 6 heteroatoms. The van der Waals surface area contributed by atoms with Gasteiger partial charge in [0, 0.05) is 18.7 Å². The molecule has 0 aromatic heterocycles. The van der Waals surface area contributed by atoms with Gasteiger partial charge in [0.05, 0.1) is 12.9 Å². The molecular weight excluding hydrogens is 278 g/mol. The van der Waals surface area contributed by atoms with E-state index >= 15 is 0 Å². The zero-order valence-electron chi connectivity index (χ0n) is 12.0. The van der Waals surface area contributed by atoms with Gasteiger partial charge in [-0.05, 0) is 44.4 Å². The second kappa shape index (κ2) is 6.61. The number of hydrogen-bond donors (Lipinski definition) is 0. The molecule has 0 aromatic rings. The third-order valence-electron chi connectivity index (χ3n) is 4.08. The molecule has 0 bridgehead atoms. The number of esters is 1. The molecule has 0 saturated carbocycles. The molecule has 2 aliphatic rings. The lowest BCUT2D eigenvalue weighted by molar-refractivity contribution is -0.140. The van der Waals surface area contributed by atoms with Gasteiger partial charge in [-0.25, -0.2) is 8.42 Å². The summed E-state index contributed by atoms with van der Waals surface area (Å²) in [6, 6.07) is 0. The summed E-state index contributed by atoms with van der Waals surface area (Å²) in [7, 11) is -1.98. The lowest BCUT2D eigenvalue weighted by Crippen LogP contribution is -2.40. The van der Waals surface area contributed by atoms with Crippen molar-refractivity contribution in [3.8, 4) is 0 Å². The summed E-state index contributed by atoms with van der Waals surface area (Å²) in [5, 5.41) is 0. The van der Waals surface area contributed by atoms with Crippen LogP contribution in [-0.2, 0) is 19.6 Å². The van der Waals surface area contributed by atoms with Gasteiger partial charge in [-0.3, -0.25) is 9.10 Å². The van der Waals surface area contributed by atoms with Crippen LogP contribution in [0.15, 0.2) is 11.8 Å². The van der Waals surface area contributed by atoms with E-state index in [-0.39, 0.29) is 18.1 Å². The summed E-state index contributed by atoms with van der Waals surface area (Å²) >= 11 is 0. The molecule has 1 unspecified atom stereocenters. The van der Waals surface area contributed by atoms with Gasteiger partial charge >= 0.3 is 5.97 Å².